The first kappa shape index (κ1) is 13.3. The standard InChI is InChI=1S/C16H21N3O/c1-2-11-19-12-7-6-10-14(19)16-17-15(18-20-16)13-8-4-3-5-9-13/h3-5,8-9,14H,2,6-7,10-12H2,1H3. The van der Waals surface area contributed by atoms with Gasteiger partial charge in [0.1, 0.15) is 0 Å². The van der Waals surface area contributed by atoms with Crippen molar-refractivity contribution in [3.05, 3.63) is 36.2 Å². The molecular weight excluding hydrogens is 250 g/mol. The summed E-state index contributed by atoms with van der Waals surface area (Å²) in [5, 5.41) is 4.14. The monoisotopic (exact) mass is 271 g/mol. The maximum Gasteiger partial charge on any atom is 0.244 e. The highest BCUT2D eigenvalue weighted by molar-refractivity contribution is 5.53. The van der Waals surface area contributed by atoms with Gasteiger partial charge in [-0.2, -0.15) is 4.98 Å². The van der Waals surface area contributed by atoms with Crippen LogP contribution in [0.4, 0.5) is 0 Å². The van der Waals surface area contributed by atoms with E-state index in [4.69, 9.17) is 4.52 Å². The van der Waals surface area contributed by atoms with Crippen LogP contribution in [-0.2, 0) is 0 Å². The number of likely N-dealkylation sites (tertiary alicyclic amines) is 1. The average molecular weight is 271 g/mol. The molecular formula is C16H21N3O. The van der Waals surface area contributed by atoms with Crippen LogP contribution in [0, 0.1) is 0 Å². The maximum atomic E-state index is 5.53. The molecule has 1 saturated heterocycles. The van der Waals surface area contributed by atoms with Gasteiger partial charge in [0.15, 0.2) is 0 Å². The number of benzene rings is 1. The highest BCUT2D eigenvalue weighted by Crippen LogP contribution is 2.30. The van der Waals surface area contributed by atoms with E-state index < -0.39 is 0 Å². The molecule has 1 fully saturated rings. The fourth-order valence-electron chi connectivity index (χ4n) is 2.90. The van der Waals surface area contributed by atoms with Gasteiger partial charge in [-0.3, -0.25) is 4.90 Å². The van der Waals surface area contributed by atoms with E-state index in [2.05, 4.69) is 22.0 Å². The van der Waals surface area contributed by atoms with Gasteiger partial charge in [-0.15, -0.1) is 0 Å². The molecule has 0 saturated carbocycles. The lowest BCUT2D eigenvalue weighted by molar-refractivity contribution is 0.119. The molecule has 4 nitrogen and oxygen atoms in total. The number of piperidine rings is 1. The van der Waals surface area contributed by atoms with E-state index in [0.29, 0.717) is 11.9 Å². The molecule has 0 spiro atoms. The summed E-state index contributed by atoms with van der Waals surface area (Å²) in [6.07, 6.45) is 4.80. The van der Waals surface area contributed by atoms with E-state index in [9.17, 15) is 0 Å². The summed E-state index contributed by atoms with van der Waals surface area (Å²) in [6.45, 7) is 4.46. The third kappa shape index (κ3) is 2.75. The Balaban J connectivity index is 1.81. The number of hydrogen-bond donors (Lipinski definition) is 0. The summed E-state index contributed by atoms with van der Waals surface area (Å²) < 4.78 is 5.53. The largest absolute Gasteiger partial charge is 0.337 e. The summed E-state index contributed by atoms with van der Waals surface area (Å²) in [5.74, 6) is 1.47. The molecule has 4 heteroatoms. The zero-order chi connectivity index (χ0) is 13.8. The van der Waals surface area contributed by atoms with Crippen LogP contribution in [0.2, 0.25) is 0 Å². The van der Waals surface area contributed by atoms with Crippen molar-refractivity contribution >= 4 is 0 Å². The first-order valence-electron chi connectivity index (χ1n) is 7.51. The van der Waals surface area contributed by atoms with Crippen LogP contribution in [0.25, 0.3) is 11.4 Å². The Morgan fingerprint density at radius 2 is 2.10 bits per heavy atom. The Bertz CT molecular complexity index is 536. The van der Waals surface area contributed by atoms with E-state index in [-0.39, 0.29) is 0 Å². The first-order valence-corrected chi connectivity index (χ1v) is 7.51. The fourth-order valence-corrected chi connectivity index (χ4v) is 2.90. The zero-order valence-corrected chi connectivity index (χ0v) is 12.0. The minimum Gasteiger partial charge on any atom is -0.337 e. The Morgan fingerprint density at radius 1 is 1.25 bits per heavy atom. The predicted molar refractivity (Wildman–Crippen MR) is 78.2 cm³/mol. The Hall–Kier alpha value is -1.68. The van der Waals surface area contributed by atoms with E-state index in [0.717, 1.165) is 37.4 Å². The number of nitrogens with zero attached hydrogens (tertiary/aromatic N) is 3. The Labute approximate surface area is 119 Å². The third-order valence-electron chi connectivity index (χ3n) is 3.88. The summed E-state index contributed by atoms with van der Waals surface area (Å²) in [5.41, 5.74) is 1.01. The van der Waals surface area contributed by atoms with Crippen LogP contribution in [0.1, 0.15) is 44.5 Å². The van der Waals surface area contributed by atoms with Gasteiger partial charge in [0, 0.05) is 5.56 Å². The second-order valence-corrected chi connectivity index (χ2v) is 5.37. The van der Waals surface area contributed by atoms with E-state index in [1.54, 1.807) is 0 Å². The number of hydrogen-bond acceptors (Lipinski definition) is 4. The molecule has 1 atom stereocenters. The molecule has 1 aromatic heterocycles. The van der Waals surface area contributed by atoms with Gasteiger partial charge in [-0.1, -0.05) is 48.8 Å². The van der Waals surface area contributed by atoms with Gasteiger partial charge in [-0.25, -0.2) is 0 Å². The summed E-state index contributed by atoms with van der Waals surface area (Å²) in [4.78, 5) is 7.10. The lowest BCUT2D eigenvalue weighted by atomic mass is 10.0. The molecule has 3 rings (SSSR count). The molecule has 0 radical (unpaired) electrons. The molecule has 0 amide bonds. The normalized spacial score (nSPS) is 20.1. The quantitative estimate of drug-likeness (QED) is 0.850. The molecule has 1 aromatic carbocycles. The SMILES string of the molecule is CCCN1CCCCC1c1nc(-c2ccccc2)no1. The molecule has 1 aliphatic heterocycles. The van der Waals surface area contributed by atoms with Gasteiger partial charge in [-0.05, 0) is 32.4 Å². The van der Waals surface area contributed by atoms with Crippen molar-refractivity contribution in [2.24, 2.45) is 0 Å². The molecule has 2 aromatic rings. The lowest BCUT2D eigenvalue weighted by Gasteiger charge is -2.32. The van der Waals surface area contributed by atoms with Crippen molar-refractivity contribution in [3.8, 4) is 11.4 Å². The zero-order valence-electron chi connectivity index (χ0n) is 12.0. The smallest absolute Gasteiger partial charge is 0.244 e. The van der Waals surface area contributed by atoms with Crippen molar-refractivity contribution in [1.29, 1.82) is 0 Å². The van der Waals surface area contributed by atoms with E-state index in [1.165, 1.54) is 12.8 Å². The molecule has 2 heterocycles. The van der Waals surface area contributed by atoms with E-state index in [1.807, 2.05) is 30.3 Å². The van der Waals surface area contributed by atoms with Gasteiger partial charge < -0.3 is 4.52 Å². The van der Waals surface area contributed by atoms with Crippen LogP contribution in [0.15, 0.2) is 34.9 Å². The van der Waals surface area contributed by atoms with Gasteiger partial charge in [0.05, 0.1) is 6.04 Å². The molecule has 106 valence electrons. The average Bonchev–Trinajstić information content (AvgIpc) is 2.99. The lowest BCUT2D eigenvalue weighted by Crippen LogP contribution is -2.34. The second kappa shape index (κ2) is 6.18. The molecule has 0 aliphatic carbocycles. The third-order valence-corrected chi connectivity index (χ3v) is 3.88. The molecule has 20 heavy (non-hydrogen) atoms. The molecule has 1 aliphatic rings. The van der Waals surface area contributed by atoms with Crippen molar-refractivity contribution < 1.29 is 4.52 Å². The predicted octanol–water partition coefficient (Wildman–Crippen LogP) is 3.67. The van der Waals surface area contributed by atoms with Gasteiger partial charge in [0.2, 0.25) is 11.7 Å². The molecule has 0 N–H and O–H groups in total. The van der Waals surface area contributed by atoms with Crippen LogP contribution < -0.4 is 0 Å². The second-order valence-electron chi connectivity index (χ2n) is 5.37. The van der Waals surface area contributed by atoms with Crippen LogP contribution in [0.5, 0.6) is 0 Å². The van der Waals surface area contributed by atoms with Crippen LogP contribution >= 0.6 is 0 Å². The van der Waals surface area contributed by atoms with Crippen LogP contribution in [0.3, 0.4) is 0 Å². The minimum absolute atomic E-state index is 0.300. The molecule has 1 unspecified atom stereocenters. The number of aromatic nitrogens is 2. The maximum absolute atomic E-state index is 5.53. The first-order chi connectivity index (χ1) is 9.88. The minimum atomic E-state index is 0.300. The molecule has 0 bridgehead atoms. The highest BCUT2D eigenvalue weighted by atomic mass is 16.5. The Morgan fingerprint density at radius 3 is 2.90 bits per heavy atom. The van der Waals surface area contributed by atoms with Crippen molar-refractivity contribution in [2.45, 2.75) is 38.6 Å². The topological polar surface area (TPSA) is 42.2 Å². The highest BCUT2D eigenvalue weighted by Gasteiger charge is 2.28. The fraction of sp³-hybridized carbons (Fsp3) is 0.500. The Kier molecular flexibility index (Phi) is 4.11. The summed E-state index contributed by atoms with van der Waals surface area (Å²) in [7, 11) is 0. The summed E-state index contributed by atoms with van der Waals surface area (Å²) >= 11 is 0. The van der Waals surface area contributed by atoms with Crippen molar-refractivity contribution in [2.75, 3.05) is 13.1 Å². The van der Waals surface area contributed by atoms with Crippen LogP contribution in [-0.4, -0.2) is 28.1 Å². The summed E-state index contributed by atoms with van der Waals surface area (Å²) in [6, 6.07) is 10.3. The van der Waals surface area contributed by atoms with Crippen molar-refractivity contribution in [3.63, 3.8) is 0 Å². The van der Waals surface area contributed by atoms with Gasteiger partial charge >= 0.3 is 0 Å². The number of rotatable bonds is 4. The van der Waals surface area contributed by atoms with Gasteiger partial charge in [0.25, 0.3) is 0 Å². The van der Waals surface area contributed by atoms with E-state index >= 15 is 0 Å². The van der Waals surface area contributed by atoms with Crippen molar-refractivity contribution in [1.82, 2.24) is 15.0 Å².